The molecule has 1 N–H and O–H groups in total. The van der Waals surface area contributed by atoms with Crippen molar-refractivity contribution >= 4 is 12.1 Å². The van der Waals surface area contributed by atoms with Crippen LogP contribution < -0.4 is 5.43 Å². The SMILES string of the molecule is O=C(CN1CCN(Cc2ccccc2)CC1)N/N=C/c1ccncc1. The van der Waals surface area contributed by atoms with Crippen LogP contribution in [0.5, 0.6) is 0 Å². The van der Waals surface area contributed by atoms with Crippen LogP contribution >= 0.6 is 0 Å². The largest absolute Gasteiger partial charge is 0.297 e. The van der Waals surface area contributed by atoms with Gasteiger partial charge in [-0.1, -0.05) is 30.3 Å². The second-order valence-corrected chi connectivity index (χ2v) is 6.11. The van der Waals surface area contributed by atoms with Gasteiger partial charge in [0.1, 0.15) is 0 Å². The topological polar surface area (TPSA) is 60.8 Å². The number of hydrogen-bond donors (Lipinski definition) is 1. The quantitative estimate of drug-likeness (QED) is 0.638. The van der Waals surface area contributed by atoms with Gasteiger partial charge in [-0.2, -0.15) is 5.10 Å². The molecule has 1 saturated heterocycles. The molecule has 1 aromatic heterocycles. The maximum Gasteiger partial charge on any atom is 0.254 e. The number of benzene rings is 1. The van der Waals surface area contributed by atoms with E-state index in [0.29, 0.717) is 6.54 Å². The highest BCUT2D eigenvalue weighted by Crippen LogP contribution is 2.08. The molecule has 0 saturated carbocycles. The number of hydrazone groups is 1. The fourth-order valence-corrected chi connectivity index (χ4v) is 2.81. The molecule has 0 bridgehead atoms. The molecule has 1 amide bonds. The van der Waals surface area contributed by atoms with Crippen molar-refractivity contribution in [3.8, 4) is 0 Å². The Balaban J connectivity index is 1.37. The molecule has 0 unspecified atom stereocenters. The summed E-state index contributed by atoms with van der Waals surface area (Å²) in [4.78, 5) is 20.5. The summed E-state index contributed by atoms with van der Waals surface area (Å²) in [7, 11) is 0. The molecule has 2 heterocycles. The van der Waals surface area contributed by atoms with Gasteiger partial charge < -0.3 is 0 Å². The zero-order valence-corrected chi connectivity index (χ0v) is 14.2. The molecule has 1 aromatic carbocycles. The van der Waals surface area contributed by atoms with Crippen molar-refractivity contribution in [2.24, 2.45) is 5.10 Å². The minimum atomic E-state index is -0.0817. The summed E-state index contributed by atoms with van der Waals surface area (Å²) in [6, 6.07) is 14.2. The molecule has 0 atom stereocenters. The summed E-state index contributed by atoms with van der Waals surface area (Å²) < 4.78 is 0. The Morgan fingerprint density at radius 3 is 2.44 bits per heavy atom. The molecular weight excluding hydrogens is 314 g/mol. The molecule has 0 radical (unpaired) electrons. The van der Waals surface area contributed by atoms with E-state index in [1.54, 1.807) is 18.6 Å². The molecule has 130 valence electrons. The fourth-order valence-electron chi connectivity index (χ4n) is 2.81. The van der Waals surface area contributed by atoms with E-state index in [4.69, 9.17) is 0 Å². The normalized spacial score (nSPS) is 16.2. The van der Waals surface area contributed by atoms with Crippen LogP contribution in [0.2, 0.25) is 0 Å². The second kappa shape index (κ2) is 9.05. The van der Waals surface area contributed by atoms with Crippen LogP contribution in [0.1, 0.15) is 11.1 Å². The van der Waals surface area contributed by atoms with Gasteiger partial charge in [-0.05, 0) is 23.3 Å². The number of amides is 1. The van der Waals surface area contributed by atoms with Gasteiger partial charge in [-0.15, -0.1) is 0 Å². The molecule has 0 spiro atoms. The third-order valence-corrected chi connectivity index (χ3v) is 4.19. The van der Waals surface area contributed by atoms with Crippen LogP contribution in [0.4, 0.5) is 0 Å². The van der Waals surface area contributed by atoms with Crippen molar-refractivity contribution in [1.29, 1.82) is 0 Å². The summed E-state index contributed by atoms with van der Waals surface area (Å²) >= 11 is 0. The molecule has 2 aromatic rings. The first kappa shape index (κ1) is 17.3. The van der Waals surface area contributed by atoms with Crippen molar-refractivity contribution in [2.75, 3.05) is 32.7 Å². The lowest BCUT2D eigenvalue weighted by atomic mass is 10.2. The van der Waals surface area contributed by atoms with E-state index in [9.17, 15) is 4.79 Å². The lowest BCUT2D eigenvalue weighted by Crippen LogP contribution is -2.48. The maximum absolute atomic E-state index is 12.0. The molecular formula is C19H23N5O. The van der Waals surface area contributed by atoms with Gasteiger partial charge >= 0.3 is 0 Å². The number of nitrogens with zero attached hydrogens (tertiary/aromatic N) is 4. The third kappa shape index (κ3) is 5.77. The Morgan fingerprint density at radius 2 is 1.72 bits per heavy atom. The molecule has 6 heteroatoms. The molecule has 3 rings (SSSR count). The Hall–Kier alpha value is -2.57. The van der Waals surface area contributed by atoms with Gasteiger partial charge in [0, 0.05) is 45.1 Å². The zero-order valence-electron chi connectivity index (χ0n) is 14.2. The van der Waals surface area contributed by atoms with E-state index in [1.807, 2.05) is 18.2 Å². The first-order valence-corrected chi connectivity index (χ1v) is 8.50. The molecule has 0 aliphatic carbocycles. The van der Waals surface area contributed by atoms with Crippen LogP contribution in [0.3, 0.4) is 0 Å². The standard InChI is InChI=1S/C19H23N5O/c25-19(22-21-14-17-6-8-20-9-7-17)16-24-12-10-23(11-13-24)15-18-4-2-1-3-5-18/h1-9,14H,10-13,15-16H2,(H,22,25)/b21-14+. The predicted octanol–water partition coefficient (Wildman–Crippen LogP) is 1.35. The van der Waals surface area contributed by atoms with Gasteiger partial charge in [-0.3, -0.25) is 19.6 Å². The van der Waals surface area contributed by atoms with Crippen molar-refractivity contribution < 1.29 is 4.79 Å². The number of piperazine rings is 1. The van der Waals surface area contributed by atoms with E-state index in [0.717, 1.165) is 38.3 Å². The van der Waals surface area contributed by atoms with Crippen LogP contribution in [0.15, 0.2) is 60.0 Å². The Labute approximate surface area is 148 Å². The van der Waals surface area contributed by atoms with Crippen molar-refractivity contribution in [3.05, 3.63) is 66.0 Å². The summed E-state index contributed by atoms with van der Waals surface area (Å²) in [5, 5.41) is 3.99. The highest BCUT2D eigenvalue weighted by atomic mass is 16.2. The molecule has 1 aliphatic rings. The number of nitrogens with one attached hydrogen (secondary N) is 1. The first-order valence-electron chi connectivity index (χ1n) is 8.50. The van der Waals surface area contributed by atoms with E-state index in [1.165, 1.54) is 5.56 Å². The lowest BCUT2D eigenvalue weighted by Gasteiger charge is -2.34. The summed E-state index contributed by atoms with van der Waals surface area (Å²) in [5.74, 6) is -0.0817. The average molecular weight is 337 g/mol. The highest BCUT2D eigenvalue weighted by molar-refractivity contribution is 5.82. The average Bonchev–Trinajstić information content (AvgIpc) is 2.65. The number of carbonyl (C=O) groups is 1. The number of aromatic nitrogens is 1. The summed E-state index contributed by atoms with van der Waals surface area (Å²) in [6.45, 7) is 5.09. The smallest absolute Gasteiger partial charge is 0.254 e. The van der Waals surface area contributed by atoms with Crippen molar-refractivity contribution in [1.82, 2.24) is 20.2 Å². The number of pyridine rings is 1. The van der Waals surface area contributed by atoms with Crippen LogP contribution in [-0.4, -0.2) is 59.6 Å². The van der Waals surface area contributed by atoms with Gasteiger partial charge in [0.25, 0.3) is 5.91 Å². The van der Waals surface area contributed by atoms with Gasteiger partial charge in [0.15, 0.2) is 0 Å². The maximum atomic E-state index is 12.0. The van der Waals surface area contributed by atoms with Crippen molar-refractivity contribution in [2.45, 2.75) is 6.54 Å². The van der Waals surface area contributed by atoms with Crippen LogP contribution in [0, 0.1) is 0 Å². The molecule has 1 fully saturated rings. The second-order valence-electron chi connectivity index (χ2n) is 6.11. The van der Waals surface area contributed by atoms with Gasteiger partial charge in [0.2, 0.25) is 0 Å². The van der Waals surface area contributed by atoms with E-state index in [-0.39, 0.29) is 5.91 Å². The van der Waals surface area contributed by atoms with E-state index in [2.05, 4.69) is 49.6 Å². The summed E-state index contributed by atoms with van der Waals surface area (Å²) in [6.07, 6.45) is 5.01. The lowest BCUT2D eigenvalue weighted by molar-refractivity contribution is -0.122. The highest BCUT2D eigenvalue weighted by Gasteiger charge is 2.18. The third-order valence-electron chi connectivity index (χ3n) is 4.19. The summed E-state index contributed by atoms with van der Waals surface area (Å²) in [5.41, 5.74) is 4.82. The monoisotopic (exact) mass is 337 g/mol. The molecule has 6 nitrogen and oxygen atoms in total. The number of hydrogen-bond acceptors (Lipinski definition) is 5. The molecule has 1 aliphatic heterocycles. The van der Waals surface area contributed by atoms with E-state index >= 15 is 0 Å². The van der Waals surface area contributed by atoms with Gasteiger partial charge in [-0.25, -0.2) is 5.43 Å². The Kier molecular flexibility index (Phi) is 6.25. The minimum absolute atomic E-state index is 0.0817. The molecule has 25 heavy (non-hydrogen) atoms. The van der Waals surface area contributed by atoms with Crippen LogP contribution in [-0.2, 0) is 11.3 Å². The van der Waals surface area contributed by atoms with E-state index < -0.39 is 0 Å². The Morgan fingerprint density at radius 1 is 1.04 bits per heavy atom. The minimum Gasteiger partial charge on any atom is -0.297 e. The fraction of sp³-hybridized carbons (Fsp3) is 0.316. The first-order chi connectivity index (χ1) is 12.3. The van der Waals surface area contributed by atoms with Crippen LogP contribution in [0.25, 0.3) is 0 Å². The van der Waals surface area contributed by atoms with Crippen molar-refractivity contribution in [3.63, 3.8) is 0 Å². The number of rotatable bonds is 6. The zero-order chi connectivity index (χ0) is 17.3. The predicted molar refractivity (Wildman–Crippen MR) is 98.1 cm³/mol. The Bertz CT molecular complexity index is 681. The number of carbonyl (C=O) groups excluding carboxylic acids is 1. The van der Waals surface area contributed by atoms with Gasteiger partial charge in [0.05, 0.1) is 12.8 Å².